The van der Waals surface area contributed by atoms with Crippen molar-refractivity contribution >= 4 is 17.2 Å². The second kappa shape index (κ2) is 5.25. The van der Waals surface area contributed by atoms with Gasteiger partial charge in [-0.3, -0.25) is 4.79 Å². The van der Waals surface area contributed by atoms with Gasteiger partial charge in [-0.2, -0.15) is 0 Å². The minimum atomic E-state index is 0.0620. The highest BCUT2D eigenvalue weighted by Gasteiger charge is 2.48. The normalized spacial score (nSPS) is 30.4. The molecular formula is C15H21NO2S. The van der Waals surface area contributed by atoms with Crippen molar-refractivity contribution in [3.05, 3.63) is 21.9 Å². The van der Waals surface area contributed by atoms with Crippen LogP contribution in [0.5, 0.6) is 0 Å². The van der Waals surface area contributed by atoms with Crippen LogP contribution in [0.1, 0.15) is 42.0 Å². The van der Waals surface area contributed by atoms with Gasteiger partial charge >= 0.3 is 0 Å². The molecule has 0 bridgehead atoms. The van der Waals surface area contributed by atoms with Gasteiger partial charge in [-0.15, -0.1) is 11.3 Å². The van der Waals surface area contributed by atoms with Crippen LogP contribution in [-0.4, -0.2) is 35.1 Å². The lowest BCUT2D eigenvalue weighted by Gasteiger charge is -2.35. The van der Waals surface area contributed by atoms with Gasteiger partial charge < -0.3 is 10.0 Å². The van der Waals surface area contributed by atoms with Crippen molar-refractivity contribution in [1.29, 1.82) is 0 Å². The van der Waals surface area contributed by atoms with E-state index in [2.05, 4.69) is 18.4 Å². The Hall–Kier alpha value is -0.870. The standard InChI is InChI=1S/C15H21NO2S/c1-10-5-7-19-14(10)12-8-13(12)15(18)16-6-3-2-4-11(16)9-17/h5,7,11-13,17H,2-4,6,8-9H2,1H3. The van der Waals surface area contributed by atoms with E-state index in [1.165, 1.54) is 10.4 Å². The zero-order valence-electron chi connectivity index (χ0n) is 11.3. The van der Waals surface area contributed by atoms with Gasteiger partial charge in [0.05, 0.1) is 12.6 Å². The molecule has 1 aliphatic heterocycles. The van der Waals surface area contributed by atoms with Crippen LogP contribution < -0.4 is 0 Å². The maximum absolute atomic E-state index is 12.6. The summed E-state index contributed by atoms with van der Waals surface area (Å²) in [6, 6.07) is 2.20. The smallest absolute Gasteiger partial charge is 0.226 e. The number of aliphatic hydroxyl groups excluding tert-OH is 1. The third-order valence-electron chi connectivity index (χ3n) is 4.47. The Morgan fingerprint density at radius 3 is 3.05 bits per heavy atom. The van der Waals surface area contributed by atoms with Crippen LogP contribution in [0.4, 0.5) is 0 Å². The van der Waals surface area contributed by atoms with Crippen LogP contribution in [0.2, 0.25) is 0 Å². The first-order valence-corrected chi connectivity index (χ1v) is 8.05. The maximum atomic E-state index is 12.6. The number of nitrogens with zero attached hydrogens (tertiary/aromatic N) is 1. The molecule has 2 fully saturated rings. The predicted molar refractivity (Wildman–Crippen MR) is 76.3 cm³/mol. The maximum Gasteiger partial charge on any atom is 0.226 e. The largest absolute Gasteiger partial charge is 0.394 e. The van der Waals surface area contributed by atoms with E-state index in [1.807, 2.05) is 4.90 Å². The average Bonchev–Trinajstić information content (AvgIpc) is 3.12. The second-order valence-corrected chi connectivity index (χ2v) is 6.73. The Labute approximate surface area is 118 Å². The van der Waals surface area contributed by atoms with E-state index in [9.17, 15) is 9.90 Å². The van der Waals surface area contributed by atoms with E-state index >= 15 is 0 Å². The van der Waals surface area contributed by atoms with E-state index in [4.69, 9.17) is 0 Å². The predicted octanol–water partition coefficient (Wildman–Crippen LogP) is 2.53. The Morgan fingerprint density at radius 2 is 2.37 bits per heavy atom. The van der Waals surface area contributed by atoms with E-state index < -0.39 is 0 Å². The number of likely N-dealkylation sites (tertiary alicyclic amines) is 1. The highest BCUT2D eigenvalue weighted by Crippen LogP contribution is 2.51. The summed E-state index contributed by atoms with van der Waals surface area (Å²) in [5.74, 6) is 0.884. The molecule has 1 N–H and O–H groups in total. The minimum absolute atomic E-state index is 0.0620. The van der Waals surface area contributed by atoms with Crippen LogP contribution in [0.25, 0.3) is 0 Å². The molecule has 0 aromatic carbocycles. The molecule has 2 aliphatic rings. The van der Waals surface area contributed by atoms with Crippen LogP contribution >= 0.6 is 11.3 Å². The quantitative estimate of drug-likeness (QED) is 0.923. The summed E-state index contributed by atoms with van der Waals surface area (Å²) in [7, 11) is 0. The molecule has 19 heavy (non-hydrogen) atoms. The van der Waals surface area contributed by atoms with Crippen molar-refractivity contribution < 1.29 is 9.90 Å². The molecule has 3 unspecified atom stereocenters. The first kappa shape index (κ1) is 13.1. The van der Waals surface area contributed by atoms with Gasteiger partial charge in [0.15, 0.2) is 0 Å². The van der Waals surface area contributed by atoms with Gasteiger partial charge in [-0.05, 0) is 49.6 Å². The van der Waals surface area contributed by atoms with Crippen LogP contribution in [0.15, 0.2) is 11.4 Å². The molecule has 1 saturated carbocycles. The highest BCUT2D eigenvalue weighted by atomic mass is 32.1. The van der Waals surface area contributed by atoms with Gasteiger partial charge in [0.25, 0.3) is 0 Å². The number of aliphatic hydroxyl groups is 1. The number of carbonyl (C=O) groups excluding carboxylic acids is 1. The third kappa shape index (κ3) is 2.43. The van der Waals surface area contributed by atoms with Crippen LogP contribution in [0, 0.1) is 12.8 Å². The first-order valence-electron chi connectivity index (χ1n) is 7.17. The van der Waals surface area contributed by atoms with Gasteiger partial charge in [-0.1, -0.05) is 0 Å². The van der Waals surface area contributed by atoms with E-state index in [0.717, 1.165) is 32.2 Å². The summed E-state index contributed by atoms with van der Waals surface area (Å²) in [5.41, 5.74) is 1.32. The molecule has 2 heterocycles. The monoisotopic (exact) mass is 279 g/mol. The lowest BCUT2D eigenvalue weighted by Crippen LogP contribution is -2.46. The SMILES string of the molecule is Cc1ccsc1C1CC1C(=O)N1CCCCC1CO. The zero-order chi connectivity index (χ0) is 13.4. The Balaban J connectivity index is 1.67. The molecule has 3 atom stereocenters. The number of carbonyl (C=O) groups is 1. The lowest BCUT2D eigenvalue weighted by molar-refractivity contribution is -0.137. The summed E-state index contributed by atoms with van der Waals surface area (Å²) in [6.45, 7) is 3.07. The molecule has 1 amide bonds. The molecule has 0 radical (unpaired) electrons. The van der Waals surface area contributed by atoms with Crippen LogP contribution in [-0.2, 0) is 4.79 Å². The van der Waals surface area contributed by atoms with Gasteiger partial charge in [-0.25, -0.2) is 0 Å². The minimum Gasteiger partial charge on any atom is -0.394 e. The lowest BCUT2D eigenvalue weighted by atomic mass is 10.0. The van der Waals surface area contributed by atoms with Gasteiger partial charge in [0.1, 0.15) is 0 Å². The summed E-state index contributed by atoms with van der Waals surface area (Å²) in [4.78, 5) is 15.9. The van der Waals surface area contributed by atoms with Gasteiger partial charge in [0.2, 0.25) is 5.91 Å². The van der Waals surface area contributed by atoms with Crippen molar-refractivity contribution in [2.75, 3.05) is 13.2 Å². The molecule has 1 saturated heterocycles. The fourth-order valence-corrected chi connectivity index (χ4v) is 4.32. The molecular weight excluding hydrogens is 258 g/mol. The number of aryl methyl sites for hydroxylation is 1. The van der Waals surface area contributed by atoms with Crippen molar-refractivity contribution in [1.82, 2.24) is 4.90 Å². The molecule has 4 heteroatoms. The molecule has 1 aromatic heterocycles. The number of piperidine rings is 1. The first-order chi connectivity index (χ1) is 9.22. The van der Waals surface area contributed by atoms with Crippen molar-refractivity contribution in [3.8, 4) is 0 Å². The number of hydrogen-bond donors (Lipinski definition) is 1. The van der Waals surface area contributed by atoms with Crippen molar-refractivity contribution in [3.63, 3.8) is 0 Å². The van der Waals surface area contributed by atoms with Crippen molar-refractivity contribution in [2.24, 2.45) is 5.92 Å². The molecule has 104 valence electrons. The number of rotatable bonds is 3. The average molecular weight is 279 g/mol. The fraction of sp³-hybridized carbons (Fsp3) is 0.667. The van der Waals surface area contributed by atoms with Crippen LogP contribution in [0.3, 0.4) is 0 Å². The molecule has 0 spiro atoms. The summed E-state index contributed by atoms with van der Waals surface area (Å²) >= 11 is 1.77. The van der Waals surface area contributed by atoms with Gasteiger partial charge in [0, 0.05) is 23.3 Å². The second-order valence-electron chi connectivity index (χ2n) is 5.78. The topological polar surface area (TPSA) is 40.5 Å². The van der Waals surface area contributed by atoms with E-state index in [1.54, 1.807) is 11.3 Å². The van der Waals surface area contributed by atoms with E-state index in [0.29, 0.717) is 5.92 Å². The Morgan fingerprint density at radius 1 is 1.53 bits per heavy atom. The third-order valence-corrected chi connectivity index (χ3v) is 5.62. The number of thiophene rings is 1. The highest BCUT2D eigenvalue weighted by molar-refractivity contribution is 7.10. The number of hydrogen-bond acceptors (Lipinski definition) is 3. The zero-order valence-corrected chi connectivity index (χ0v) is 12.2. The Bertz CT molecular complexity index is 470. The molecule has 3 rings (SSSR count). The fourth-order valence-electron chi connectivity index (χ4n) is 3.22. The van der Waals surface area contributed by atoms with Crippen molar-refractivity contribution in [2.45, 2.75) is 44.6 Å². The Kier molecular flexibility index (Phi) is 3.63. The molecule has 3 nitrogen and oxygen atoms in total. The molecule has 1 aliphatic carbocycles. The summed E-state index contributed by atoms with van der Waals surface area (Å²) in [6.07, 6.45) is 4.16. The summed E-state index contributed by atoms with van der Waals surface area (Å²) in [5, 5.41) is 11.5. The summed E-state index contributed by atoms with van der Waals surface area (Å²) < 4.78 is 0. The number of amides is 1. The molecule has 1 aromatic rings. The van der Waals surface area contributed by atoms with E-state index in [-0.39, 0.29) is 24.5 Å².